The first-order valence-corrected chi connectivity index (χ1v) is 6.10. The molecule has 3 nitrogen and oxygen atoms in total. The molecular weight excluding hydrogens is 257 g/mol. The van der Waals surface area contributed by atoms with Gasteiger partial charge in [0.25, 0.3) is 0 Å². The molecule has 0 saturated heterocycles. The molecule has 0 heterocycles. The SMILES string of the molecule is COC(=O)C(NCC(C)C)c1cccc(Cl)c1F. The summed E-state index contributed by atoms with van der Waals surface area (Å²) in [6.45, 7) is 4.57. The summed E-state index contributed by atoms with van der Waals surface area (Å²) in [5.74, 6) is -0.790. The van der Waals surface area contributed by atoms with E-state index in [1.54, 1.807) is 6.07 Å². The van der Waals surface area contributed by atoms with Crippen LogP contribution in [0.5, 0.6) is 0 Å². The standard InChI is InChI=1S/C13H17ClFNO2/c1-8(2)7-16-12(13(17)18-3)9-5-4-6-10(14)11(9)15/h4-6,8,12,16H,7H2,1-3H3. The van der Waals surface area contributed by atoms with E-state index in [0.29, 0.717) is 12.5 Å². The number of methoxy groups -OCH3 is 1. The minimum absolute atomic E-state index is 0.00671. The zero-order valence-electron chi connectivity index (χ0n) is 10.7. The monoisotopic (exact) mass is 273 g/mol. The van der Waals surface area contributed by atoms with E-state index in [4.69, 9.17) is 11.6 Å². The summed E-state index contributed by atoms with van der Waals surface area (Å²) in [5.41, 5.74) is 0.204. The average molecular weight is 274 g/mol. The molecule has 1 unspecified atom stereocenters. The number of carbonyl (C=O) groups excluding carboxylic acids is 1. The molecule has 0 aliphatic carbocycles. The molecule has 18 heavy (non-hydrogen) atoms. The Morgan fingerprint density at radius 1 is 1.50 bits per heavy atom. The fourth-order valence-corrected chi connectivity index (χ4v) is 1.72. The molecule has 100 valence electrons. The van der Waals surface area contributed by atoms with Gasteiger partial charge in [0.05, 0.1) is 12.1 Å². The van der Waals surface area contributed by atoms with E-state index in [1.807, 2.05) is 13.8 Å². The molecule has 0 saturated carbocycles. The number of rotatable bonds is 5. The summed E-state index contributed by atoms with van der Waals surface area (Å²) in [5, 5.41) is 2.97. The predicted octanol–water partition coefficient (Wildman–Crippen LogP) is 2.94. The summed E-state index contributed by atoms with van der Waals surface area (Å²) < 4.78 is 18.6. The molecule has 0 bridgehead atoms. The van der Waals surface area contributed by atoms with Gasteiger partial charge in [-0.15, -0.1) is 0 Å². The van der Waals surface area contributed by atoms with Crippen molar-refractivity contribution in [3.63, 3.8) is 0 Å². The van der Waals surface area contributed by atoms with Gasteiger partial charge in [0, 0.05) is 5.56 Å². The first kappa shape index (κ1) is 14.9. The Morgan fingerprint density at radius 3 is 2.72 bits per heavy atom. The minimum atomic E-state index is -0.837. The van der Waals surface area contributed by atoms with Crippen molar-refractivity contribution in [3.05, 3.63) is 34.6 Å². The van der Waals surface area contributed by atoms with Gasteiger partial charge in [0.2, 0.25) is 0 Å². The summed E-state index contributed by atoms with van der Waals surface area (Å²) in [4.78, 5) is 11.7. The zero-order chi connectivity index (χ0) is 13.7. The van der Waals surface area contributed by atoms with Gasteiger partial charge in [0.1, 0.15) is 11.9 Å². The lowest BCUT2D eigenvalue weighted by molar-refractivity contribution is -0.143. The number of ether oxygens (including phenoxy) is 1. The van der Waals surface area contributed by atoms with Crippen LogP contribution in [-0.2, 0) is 9.53 Å². The molecule has 0 spiro atoms. The van der Waals surface area contributed by atoms with Crippen LogP contribution in [0.1, 0.15) is 25.5 Å². The highest BCUT2D eigenvalue weighted by molar-refractivity contribution is 6.30. The van der Waals surface area contributed by atoms with Crippen LogP contribution >= 0.6 is 11.6 Å². The van der Waals surface area contributed by atoms with E-state index < -0.39 is 17.8 Å². The summed E-state index contributed by atoms with van der Waals surface area (Å²) >= 11 is 5.71. The van der Waals surface area contributed by atoms with Crippen molar-refractivity contribution in [1.29, 1.82) is 0 Å². The van der Waals surface area contributed by atoms with Crippen molar-refractivity contribution in [3.8, 4) is 0 Å². The molecule has 1 atom stereocenters. The number of carbonyl (C=O) groups is 1. The van der Waals surface area contributed by atoms with Gasteiger partial charge >= 0.3 is 5.97 Å². The van der Waals surface area contributed by atoms with Crippen molar-refractivity contribution in [2.75, 3.05) is 13.7 Å². The van der Waals surface area contributed by atoms with Gasteiger partial charge < -0.3 is 10.1 Å². The van der Waals surface area contributed by atoms with Crippen LogP contribution in [0.3, 0.4) is 0 Å². The van der Waals surface area contributed by atoms with E-state index >= 15 is 0 Å². The lowest BCUT2D eigenvalue weighted by Crippen LogP contribution is -2.32. The van der Waals surface area contributed by atoms with Gasteiger partial charge in [-0.2, -0.15) is 0 Å². The van der Waals surface area contributed by atoms with Crippen molar-refractivity contribution in [2.45, 2.75) is 19.9 Å². The molecule has 5 heteroatoms. The highest BCUT2D eigenvalue weighted by Gasteiger charge is 2.25. The Hall–Kier alpha value is -1.13. The number of hydrogen-bond donors (Lipinski definition) is 1. The van der Waals surface area contributed by atoms with Gasteiger partial charge in [-0.1, -0.05) is 37.6 Å². The van der Waals surface area contributed by atoms with E-state index in [-0.39, 0.29) is 10.6 Å². The normalized spacial score (nSPS) is 12.6. The lowest BCUT2D eigenvalue weighted by Gasteiger charge is -2.19. The van der Waals surface area contributed by atoms with Crippen molar-refractivity contribution in [1.82, 2.24) is 5.32 Å². The maximum absolute atomic E-state index is 13.9. The van der Waals surface area contributed by atoms with Crippen LogP contribution < -0.4 is 5.32 Å². The highest BCUT2D eigenvalue weighted by atomic mass is 35.5. The Morgan fingerprint density at radius 2 is 2.17 bits per heavy atom. The van der Waals surface area contributed by atoms with Crippen LogP contribution in [0.4, 0.5) is 4.39 Å². The van der Waals surface area contributed by atoms with Gasteiger partial charge in [-0.3, -0.25) is 0 Å². The fourth-order valence-electron chi connectivity index (χ4n) is 1.54. The average Bonchev–Trinajstić information content (AvgIpc) is 2.33. The van der Waals surface area contributed by atoms with Crippen LogP contribution in [-0.4, -0.2) is 19.6 Å². The Labute approximate surface area is 111 Å². The van der Waals surface area contributed by atoms with Crippen molar-refractivity contribution in [2.24, 2.45) is 5.92 Å². The Bertz CT molecular complexity index is 423. The molecule has 0 fully saturated rings. The number of halogens is 2. The van der Waals surface area contributed by atoms with Crippen molar-refractivity contribution >= 4 is 17.6 Å². The first-order valence-electron chi connectivity index (χ1n) is 5.72. The number of hydrogen-bond acceptors (Lipinski definition) is 3. The number of benzene rings is 1. The highest BCUT2D eigenvalue weighted by Crippen LogP contribution is 2.24. The Balaban J connectivity index is 3.01. The lowest BCUT2D eigenvalue weighted by atomic mass is 10.1. The summed E-state index contributed by atoms with van der Waals surface area (Å²) in [6.07, 6.45) is 0. The van der Waals surface area contributed by atoms with Crippen LogP contribution in [0, 0.1) is 11.7 Å². The fraction of sp³-hybridized carbons (Fsp3) is 0.462. The largest absolute Gasteiger partial charge is 0.468 e. The van der Waals surface area contributed by atoms with E-state index in [0.717, 1.165) is 0 Å². The third-order valence-electron chi connectivity index (χ3n) is 2.46. The Kier molecular flexibility index (Phi) is 5.56. The molecule has 0 aliphatic heterocycles. The maximum atomic E-state index is 13.9. The minimum Gasteiger partial charge on any atom is -0.468 e. The van der Waals surface area contributed by atoms with E-state index in [2.05, 4.69) is 10.1 Å². The third-order valence-corrected chi connectivity index (χ3v) is 2.75. The second-order valence-electron chi connectivity index (χ2n) is 4.40. The smallest absolute Gasteiger partial charge is 0.327 e. The van der Waals surface area contributed by atoms with E-state index in [1.165, 1.54) is 19.2 Å². The summed E-state index contributed by atoms with van der Waals surface area (Å²) in [7, 11) is 1.27. The molecule has 1 aromatic rings. The van der Waals surface area contributed by atoms with E-state index in [9.17, 15) is 9.18 Å². The molecule has 1 rings (SSSR count). The van der Waals surface area contributed by atoms with Gasteiger partial charge in [0.15, 0.2) is 0 Å². The molecule has 1 N–H and O–H groups in total. The first-order chi connectivity index (χ1) is 8.47. The van der Waals surface area contributed by atoms with Crippen LogP contribution in [0.15, 0.2) is 18.2 Å². The van der Waals surface area contributed by atoms with Crippen LogP contribution in [0.25, 0.3) is 0 Å². The molecule has 0 radical (unpaired) electrons. The molecule has 0 aromatic heterocycles. The maximum Gasteiger partial charge on any atom is 0.327 e. The second kappa shape index (κ2) is 6.71. The van der Waals surface area contributed by atoms with Gasteiger partial charge in [-0.05, 0) is 18.5 Å². The third kappa shape index (κ3) is 3.68. The number of nitrogens with one attached hydrogen (secondary N) is 1. The number of esters is 1. The zero-order valence-corrected chi connectivity index (χ0v) is 11.4. The van der Waals surface area contributed by atoms with Gasteiger partial charge in [-0.25, -0.2) is 9.18 Å². The molecular formula is C13H17ClFNO2. The molecule has 0 amide bonds. The quantitative estimate of drug-likeness (QED) is 0.839. The molecule has 0 aliphatic rings. The topological polar surface area (TPSA) is 38.3 Å². The second-order valence-corrected chi connectivity index (χ2v) is 4.81. The van der Waals surface area contributed by atoms with Crippen LogP contribution in [0.2, 0.25) is 5.02 Å². The molecule has 1 aromatic carbocycles. The van der Waals surface area contributed by atoms with Crippen molar-refractivity contribution < 1.29 is 13.9 Å². The predicted molar refractivity (Wildman–Crippen MR) is 69.0 cm³/mol. The summed E-state index contributed by atoms with van der Waals surface area (Å²) in [6, 6.07) is 3.73.